The number of benzene rings is 2. The van der Waals surface area contributed by atoms with Crippen molar-refractivity contribution in [1.82, 2.24) is 9.97 Å². The number of aromatic nitrogens is 2. The van der Waals surface area contributed by atoms with E-state index in [9.17, 15) is 4.79 Å². The number of para-hydroxylation sites is 2. The lowest BCUT2D eigenvalue weighted by Crippen LogP contribution is -2.12. The van der Waals surface area contributed by atoms with Crippen molar-refractivity contribution in [2.24, 2.45) is 0 Å². The Labute approximate surface area is 133 Å². The van der Waals surface area contributed by atoms with Crippen LogP contribution in [0, 0.1) is 6.92 Å². The van der Waals surface area contributed by atoms with Gasteiger partial charge in [-0.1, -0.05) is 36.4 Å². The molecule has 4 rings (SSSR count). The monoisotopic (exact) mass is 301 g/mol. The molecule has 4 heteroatoms. The zero-order valence-corrected chi connectivity index (χ0v) is 12.6. The van der Waals surface area contributed by atoms with Crippen molar-refractivity contribution in [1.29, 1.82) is 0 Å². The van der Waals surface area contributed by atoms with Crippen molar-refractivity contribution in [3.8, 4) is 0 Å². The van der Waals surface area contributed by atoms with E-state index in [1.165, 1.54) is 0 Å². The normalized spacial score (nSPS) is 11.0. The predicted octanol–water partition coefficient (Wildman–Crippen LogP) is 4.28. The van der Waals surface area contributed by atoms with Gasteiger partial charge in [-0.2, -0.15) is 0 Å². The third kappa shape index (κ3) is 2.34. The number of H-pyrrole nitrogens is 1. The lowest BCUT2D eigenvalue weighted by molar-refractivity contribution is 0.102. The maximum absolute atomic E-state index is 12.8. The van der Waals surface area contributed by atoms with Gasteiger partial charge in [0.2, 0.25) is 0 Å². The minimum absolute atomic E-state index is 0.128. The molecule has 0 bridgehead atoms. The summed E-state index contributed by atoms with van der Waals surface area (Å²) in [4.78, 5) is 20.4. The summed E-state index contributed by atoms with van der Waals surface area (Å²) in [5, 5.41) is 4.86. The van der Waals surface area contributed by atoms with Crippen molar-refractivity contribution in [3.63, 3.8) is 0 Å². The Kier molecular flexibility index (Phi) is 3.08. The van der Waals surface area contributed by atoms with E-state index in [4.69, 9.17) is 0 Å². The molecule has 0 radical (unpaired) electrons. The Balaban J connectivity index is 1.78. The third-order valence-corrected chi connectivity index (χ3v) is 3.93. The Morgan fingerprint density at radius 1 is 1.04 bits per heavy atom. The fraction of sp³-hybridized carbons (Fsp3) is 0.0526. The van der Waals surface area contributed by atoms with E-state index in [0.29, 0.717) is 5.56 Å². The smallest absolute Gasteiger partial charge is 0.256 e. The highest BCUT2D eigenvalue weighted by Gasteiger charge is 2.13. The van der Waals surface area contributed by atoms with E-state index in [2.05, 4.69) is 15.3 Å². The van der Waals surface area contributed by atoms with Gasteiger partial charge in [0.25, 0.3) is 5.91 Å². The van der Waals surface area contributed by atoms with Crippen LogP contribution in [0.1, 0.15) is 16.1 Å². The number of carbonyl (C=O) groups excluding carboxylic acids is 1. The lowest BCUT2D eigenvalue weighted by Gasteiger charge is -2.08. The van der Waals surface area contributed by atoms with E-state index in [1.807, 2.05) is 67.7 Å². The molecule has 0 saturated carbocycles. The number of carbonyl (C=O) groups is 1. The minimum atomic E-state index is -0.128. The second-order valence-corrected chi connectivity index (χ2v) is 5.53. The molecule has 0 aliphatic carbocycles. The van der Waals surface area contributed by atoms with Crippen LogP contribution < -0.4 is 5.32 Å². The van der Waals surface area contributed by atoms with Crippen LogP contribution in [-0.4, -0.2) is 15.9 Å². The van der Waals surface area contributed by atoms with E-state index in [1.54, 1.807) is 0 Å². The van der Waals surface area contributed by atoms with Crippen LogP contribution in [0.5, 0.6) is 0 Å². The van der Waals surface area contributed by atoms with Gasteiger partial charge in [-0.3, -0.25) is 9.78 Å². The molecule has 0 fully saturated rings. The summed E-state index contributed by atoms with van der Waals surface area (Å²) < 4.78 is 0. The molecular weight excluding hydrogens is 286 g/mol. The van der Waals surface area contributed by atoms with Crippen LogP contribution in [0.3, 0.4) is 0 Å². The quantitative estimate of drug-likeness (QED) is 0.580. The summed E-state index contributed by atoms with van der Waals surface area (Å²) in [5.41, 5.74) is 4.07. The number of amides is 1. The highest BCUT2D eigenvalue weighted by atomic mass is 16.1. The largest absolute Gasteiger partial charge is 0.359 e. The second kappa shape index (κ2) is 5.25. The highest BCUT2D eigenvalue weighted by molar-refractivity contribution is 6.14. The van der Waals surface area contributed by atoms with Crippen LogP contribution in [-0.2, 0) is 0 Å². The van der Waals surface area contributed by atoms with Gasteiger partial charge in [0.1, 0.15) is 0 Å². The zero-order valence-electron chi connectivity index (χ0n) is 12.6. The molecule has 0 aliphatic rings. The molecule has 0 aliphatic heterocycles. The number of hydrogen-bond donors (Lipinski definition) is 2. The fourth-order valence-electron chi connectivity index (χ4n) is 2.86. The minimum Gasteiger partial charge on any atom is -0.359 e. The SMILES string of the molecule is Cc1cc(C(=O)Nc2c[nH]c3ccccc23)c2ccccc2n1. The molecular formula is C19H15N3O. The van der Waals surface area contributed by atoms with Gasteiger partial charge >= 0.3 is 0 Å². The predicted molar refractivity (Wildman–Crippen MR) is 92.7 cm³/mol. The van der Waals surface area contributed by atoms with Crippen molar-refractivity contribution in [3.05, 3.63) is 72.1 Å². The number of anilines is 1. The number of nitrogens with zero attached hydrogens (tertiary/aromatic N) is 1. The molecule has 0 atom stereocenters. The standard InChI is InChI=1S/C19H15N3O/c1-12-10-15(13-6-2-5-9-17(13)21-12)19(23)22-18-11-20-16-8-4-3-7-14(16)18/h2-11,20H,1H3,(H,22,23). The highest BCUT2D eigenvalue weighted by Crippen LogP contribution is 2.24. The number of rotatable bonds is 2. The van der Waals surface area contributed by atoms with Crippen molar-refractivity contribution >= 4 is 33.4 Å². The maximum atomic E-state index is 12.8. The summed E-state index contributed by atoms with van der Waals surface area (Å²) in [5.74, 6) is -0.128. The molecule has 2 N–H and O–H groups in total. The Morgan fingerprint density at radius 2 is 1.78 bits per heavy atom. The van der Waals surface area contributed by atoms with Gasteiger partial charge in [0.15, 0.2) is 0 Å². The van der Waals surface area contributed by atoms with Gasteiger partial charge in [0, 0.05) is 28.2 Å². The number of aryl methyl sites for hydroxylation is 1. The van der Waals surface area contributed by atoms with Crippen molar-refractivity contribution in [2.45, 2.75) is 6.92 Å². The fourth-order valence-corrected chi connectivity index (χ4v) is 2.86. The number of pyridine rings is 1. The maximum Gasteiger partial charge on any atom is 0.256 e. The molecule has 2 heterocycles. The Hall–Kier alpha value is -3.14. The molecule has 23 heavy (non-hydrogen) atoms. The van der Waals surface area contributed by atoms with Gasteiger partial charge in [0.05, 0.1) is 16.8 Å². The van der Waals surface area contributed by atoms with Crippen LogP contribution >= 0.6 is 0 Å². The van der Waals surface area contributed by atoms with E-state index < -0.39 is 0 Å². The topological polar surface area (TPSA) is 57.8 Å². The zero-order chi connectivity index (χ0) is 15.8. The molecule has 2 aromatic carbocycles. The van der Waals surface area contributed by atoms with Gasteiger partial charge in [-0.05, 0) is 25.1 Å². The summed E-state index contributed by atoms with van der Waals surface area (Å²) in [6, 6.07) is 17.4. The van der Waals surface area contributed by atoms with Gasteiger partial charge in [-0.15, -0.1) is 0 Å². The molecule has 2 aromatic heterocycles. The molecule has 0 spiro atoms. The first-order valence-electron chi connectivity index (χ1n) is 7.46. The number of aromatic amines is 1. The third-order valence-electron chi connectivity index (χ3n) is 3.93. The first-order valence-corrected chi connectivity index (χ1v) is 7.46. The van der Waals surface area contributed by atoms with Crippen molar-refractivity contribution < 1.29 is 4.79 Å². The summed E-state index contributed by atoms with van der Waals surface area (Å²) in [6.45, 7) is 1.90. The lowest BCUT2D eigenvalue weighted by atomic mass is 10.1. The van der Waals surface area contributed by atoms with Gasteiger partial charge in [-0.25, -0.2) is 0 Å². The number of nitrogens with one attached hydrogen (secondary N) is 2. The van der Waals surface area contributed by atoms with Crippen molar-refractivity contribution in [2.75, 3.05) is 5.32 Å². The van der Waals surface area contributed by atoms with E-state index >= 15 is 0 Å². The first kappa shape index (κ1) is 13.5. The molecule has 4 aromatic rings. The van der Waals surface area contributed by atoms with E-state index in [0.717, 1.165) is 33.2 Å². The summed E-state index contributed by atoms with van der Waals surface area (Å²) in [6.07, 6.45) is 1.82. The van der Waals surface area contributed by atoms with Gasteiger partial charge < -0.3 is 10.3 Å². The second-order valence-electron chi connectivity index (χ2n) is 5.53. The molecule has 112 valence electrons. The average molecular weight is 301 g/mol. The number of fused-ring (bicyclic) bond motifs is 2. The molecule has 4 nitrogen and oxygen atoms in total. The van der Waals surface area contributed by atoms with Crippen LogP contribution in [0.2, 0.25) is 0 Å². The average Bonchev–Trinajstić information content (AvgIpc) is 2.97. The summed E-state index contributed by atoms with van der Waals surface area (Å²) in [7, 11) is 0. The van der Waals surface area contributed by atoms with Crippen LogP contribution in [0.4, 0.5) is 5.69 Å². The first-order chi connectivity index (χ1) is 11.2. The molecule has 0 unspecified atom stereocenters. The van der Waals surface area contributed by atoms with E-state index in [-0.39, 0.29) is 5.91 Å². The van der Waals surface area contributed by atoms with Crippen LogP contribution in [0.15, 0.2) is 60.8 Å². The molecule has 1 amide bonds. The Bertz CT molecular complexity index is 1030. The molecule has 0 saturated heterocycles. The van der Waals surface area contributed by atoms with Crippen LogP contribution in [0.25, 0.3) is 21.8 Å². The summed E-state index contributed by atoms with van der Waals surface area (Å²) >= 11 is 0. The number of hydrogen-bond acceptors (Lipinski definition) is 2. The Morgan fingerprint density at radius 3 is 2.65 bits per heavy atom.